The van der Waals surface area contributed by atoms with Crippen LogP contribution >= 0.6 is 22.9 Å². The molecule has 128 valence electrons. The Morgan fingerprint density at radius 1 is 1.12 bits per heavy atom. The number of amides is 1. The van der Waals surface area contributed by atoms with E-state index < -0.39 is 10.8 Å². The van der Waals surface area contributed by atoms with E-state index in [1.54, 1.807) is 12.3 Å². The van der Waals surface area contributed by atoms with Crippen LogP contribution in [-0.2, 0) is 16.6 Å². The summed E-state index contributed by atoms with van der Waals surface area (Å²) in [4.78, 5) is 14.1. The number of halogens is 1. The van der Waals surface area contributed by atoms with E-state index in [-0.39, 0.29) is 5.91 Å². The second-order valence-electron chi connectivity index (χ2n) is 5.55. The Kier molecular flexibility index (Phi) is 5.68. The third kappa shape index (κ3) is 4.78. The molecule has 3 nitrogen and oxygen atoms in total. The lowest BCUT2D eigenvalue weighted by molar-refractivity contribution is 0.103. The summed E-state index contributed by atoms with van der Waals surface area (Å²) in [6, 6.07) is 18.7. The van der Waals surface area contributed by atoms with Crippen molar-refractivity contribution in [1.82, 2.24) is 0 Å². The summed E-state index contributed by atoms with van der Waals surface area (Å²) >= 11 is 7.44. The molecule has 3 aromatic rings. The van der Waals surface area contributed by atoms with Crippen molar-refractivity contribution in [2.45, 2.75) is 5.75 Å². The maximum absolute atomic E-state index is 12.5. The van der Waals surface area contributed by atoms with Gasteiger partial charge in [0.1, 0.15) is 0 Å². The van der Waals surface area contributed by atoms with E-state index in [1.165, 1.54) is 11.3 Å². The van der Waals surface area contributed by atoms with E-state index in [9.17, 15) is 9.00 Å². The van der Waals surface area contributed by atoms with Crippen LogP contribution in [0.15, 0.2) is 60.7 Å². The van der Waals surface area contributed by atoms with E-state index in [4.69, 9.17) is 11.6 Å². The Bertz CT molecular complexity index is 936. The second kappa shape index (κ2) is 7.95. The number of hydrogen-bond donors (Lipinski definition) is 1. The fourth-order valence-electron chi connectivity index (χ4n) is 2.42. The number of benzene rings is 2. The second-order valence-corrected chi connectivity index (χ2v) is 8.50. The standard InChI is InChI=1S/C19H16ClNO2S2/c1-25(23)12-13-4-2-7-16(10-13)21-19(22)18-9-8-17(24-18)14-5-3-6-15(20)11-14/h2-11H,12H2,1H3,(H,21,22)/t25-/m0/s1. The van der Waals surface area contributed by atoms with Crippen LogP contribution in [0.25, 0.3) is 10.4 Å². The van der Waals surface area contributed by atoms with Crippen LogP contribution in [0.4, 0.5) is 5.69 Å². The summed E-state index contributed by atoms with van der Waals surface area (Å²) in [5.41, 5.74) is 2.62. The van der Waals surface area contributed by atoms with Crippen molar-refractivity contribution in [3.63, 3.8) is 0 Å². The molecule has 0 aliphatic carbocycles. The van der Waals surface area contributed by atoms with Crippen molar-refractivity contribution in [2.75, 3.05) is 11.6 Å². The fourth-order valence-corrected chi connectivity index (χ4v) is 4.16. The predicted octanol–water partition coefficient (Wildman–Crippen LogP) is 5.20. The highest BCUT2D eigenvalue weighted by Gasteiger charge is 2.11. The summed E-state index contributed by atoms with van der Waals surface area (Å²) in [5.74, 6) is 0.315. The van der Waals surface area contributed by atoms with Gasteiger partial charge in [0.15, 0.2) is 0 Å². The lowest BCUT2D eigenvalue weighted by atomic mass is 10.2. The zero-order chi connectivity index (χ0) is 17.8. The van der Waals surface area contributed by atoms with Crippen LogP contribution in [0.1, 0.15) is 15.2 Å². The molecule has 0 aliphatic heterocycles. The summed E-state index contributed by atoms with van der Waals surface area (Å²) in [5, 5.41) is 3.56. The van der Waals surface area contributed by atoms with Gasteiger partial charge in [-0.1, -0.05) is 35.9 Å². The van der Waals surface area contributed by atoms with Crippen molar-refractivity contribution in [2.24, 2.45) is 0 Å². The van der Waals surface area contributed by atoms with E-state index in [0.717, 1.165) is 16.0 Å². The number of rotatable bonds is 5. The van der Waals surface area contributed by atoms with Gasteiger partial charge in [-0.05, 0) is 47.5 Å². The van der Waals surface area contributed by atoms with Crippen molar-refractivity contribution in [3.05, 3.63) is 76.1 Å². The predicted molar refractivity (Wildman–Crippen MR) is 107 cm³/mol. The number of carbonyl (C=O) groups is 1. The summed E-state index contributed by atoms with van der Waals surface area (Å²) in [6.45, 7) is 0. The van der Waals surface area contributed by atoms with Gasteiger partial charge in [-0.25, -0.2) is 0 Å². The van der Waals surface area contributed by atoms with Crippen LogP contribution in [-0.4, -0.2) is 16.4 Å². The molecule has 0 aliphatic rings. The van der Waals surface area contributed by atoms with Gasteiger partial charge >= 0.3 is 0 Å². The first-order chi connectivity index (χ1) is 12.0. The Balaban J connectivity index is 1.75. The molecule has 25 heavy (non-hydrogen) atoms. The molecular formula is C19H16ClNO2S2. The van der Waals surface area contributed by atoms with Gasteiger partial charge in [0.25, 0.3) is 5.91 Å². The van der Waals surface area contributed by atoms with Crippen molar-refractivity contribution >= 4 is 45.3 Å². The van der Waals surface area contributed by atoms with Crippen LogP contribution in [0, 0.1) is 0 Å². The lowest BCUT2D eigenvalue weighted by Crippen LogP contribution is -2.10. The normalized spacial score (nSPS) is 11.9. The largest absolute Gasteiger partial charge is 0.321 e. The SMILES string of the molecule is C[S@](=O)Cc1cccc(NC(=O)c2ccc(-c3cccc(Cl)c3)s2)c1. The highest BCUT2D eigenvalue weighted by Crippen LogP contribution is 2.30. The topological polar surface area (TPSA) is 46.2 Å². The molecule has 0 saturated carbocycles. The Morgan fingerprint density at radius 2 is 1.92 bits per heavy atom. The number of anilines is 1. The van der Waals surface area contributed by atoms with E-state index >= 15 is 0 Å². The highest BCUT2D eigenvalue weighted by molar-refractivity contribution is 7.83. The van der Waals surface area contributed by atoms with Crippen molar-refractivity contribution in [1.29, 1.82) is 0 Å². The Hall–Kier alpha value is -1.95. The summed E-state index contributed by atoms with van der Waals surface area (Å²) < 4.78 is 11.3. The Labute approximate surface area is 158 Å². The molecule has 0 bridgehead atoms. The molecule has 0 saturated heterocycles. The summed E-state index contributed by atoms with van der Waals surface area (Å²) in [7, 11) is -0.915. The van der Waals surface area contributed by atoms with Gasteiger partial charge in [-0.15, -0.1) is 11.3 Å². The molecular weight excluding hydrogens is 374 g/mol. The quantitative estimate of drug-likeness (QED) is 0.651. The zero-order valence-corrected chi connectivity index (χ0v) is 15.9. The molecule has 1 N–H and O–H groups in total. The average molecular weight is 390 g/mol. The van der Waals surface area contributed by atoms with Gasteiger partial charge in [-0.2, -0.15) is 0 Å². The lowest BCUT2D eigenvalue weighted by Gasteiger charge is -2.06. The average Bonchev–Trinajstić information content (AvgIpc) is 3.05. The molecule has 1 atom stereocenters. The number of thiophene rings is 1. The van der Waals surface area contributed by atoms with Crippen LogP contribution in [0.2, 0.25) is 5.02 Å². The Morgan fingerprint density at radius 3 is 2.68 bits per heavy atom. The zero-order valence-electron chi connectivity index (χ0n) is 13.5. The van der Waals surface area contributed by atoms with Crippen LogP contribution in [0.5, 0.6) is 0 Å². The molecule has 1 amide bonds. The number of carbonyl (C=O) groups excluding carboxylic acids is 1. The minimum atomic E-state index is -0.915. The third-order valence-corrected chi connectivity index (χ3v) is 5.60. The molecule has 0 spiro atoms. The van der Waals surface area contributed by atoms with Gasteiger partial charge in [0.2, 0.25) is 0 Å². The monoisotopic (exact) mass is 389 g/mol. The maximum atomic E-state index is 12.5. The molecule has 1 heterocycles. The van der Waals surface area contributed by atoms with E-state index in [0.29, 0.717) is 21.3 Å². The minimum absolute atomic E-state index is 0.159. The fraction of sp³-hybridized carbons (Fsp3) is 0.105. The maximum Gasteiger partial charge on any atom is 0.265 e. The molecule has 0 unspecified atom stereocenters. The van der Waals surface area contributed by atoms with Gasteiger partial charge in [0.05, 0.1) is 4.88 Å². The first kappa shape index (κ1) is 17.9. The van der Waals surface area contributed by atoms with Gasteiger partial charge < -0.3 is 5.32 Å². The van der Waals surface area contributed by atoms with Crippen molar-refractivity contribution < 1.29 is 9.00 Å². The smallest absolute Gasteiger partial charge is 0.265 e. The highest BCUT2D eigenvalue weighted by atomic mass is 35.5. The van der Waals surface area contributed by atoms with E-state index in [1.807, 2.05) is 54.6 Å². The van der Waals surface area contributed by atoms with E-state index in [2.05, 4.69) is 5.32 Å². The molecule has 3 rings (SSSR count). The summed E-state index contributed by atoms with van der Waals surface area (Å²) in [6.07, 6.45) is 1.66. The minimum Gasteiger partial charge on any atom is -0.321 e. The van der Waals surface area contributed by atoms with Crippen molar-refractivity contribution in [3.8, 4) is 10.4 Å². The number of nitrogens with one attached hydrogen (secondary N) is 1. The third-order valence-electron chi connectivity index (χ3n) is 3.49. The molecule has 0 radical (unpaired) electrons. The molecule has 1 aromatic heterocycles. The first-order valence-electron chi connectivity index (χ1n) is 7.57. The first-order valence-corrected chi connectivity index (χ1v) is 10.5. The molecule has 2 aromatic carbocycles. The van der Waals surface area contributed by atoms with Crippen LogP contribution in [0.3, 0.4) is 0 Å². The number of hydrogen-bond acceptors (Lipinski definition) is 3. The molecule has 6 heteroatoms. The molecule has 0 fully saturated rings. The van der Waals surface area contributed by atoms with Gasteiger partial charge in [-0.3, -0.25) is 9.00 Å². The van der Waals surface area contributed by atoms with Crippen LogP contribution < -0.4 is 5.32 Å². The van der Waals surface area contributed by atoms with Gasteiger partial charge in [0, 0.05) is 38.4 Å².